The van der Waals surface area contributed by atoms with Crippen molar-refractivity contribution >= 4 is 17.5 Å². The Balaban J connectivity index is 2.11. The van der Waals surface area contributed by atoms with Gasteiger partial charge < -0.3 is 10.2 Å². The van der Waals surface area contributed by atoms with Crippen molar-refractivity contribution in [3.05, 3.63) is 47.8 Å². The zero-order chi connectivity index (χ0) is 17.7. The van der Waals surface area contributed by atoms with Crippen molar-refractivity contribution in [1.29, 1.82) is 0 Å². The number of hydrogen-bond donors (Lipinski definition) is 1. The number of amides is 1. The fourth-order valence-electron chi connectivity index (χ4n) is 1.97. The highest BCUT2D eigenvalue weighted by atomic mass is 19.2. The first-order valence-corrected chi connectivity index (χ1v) is 7.08. The molecule has 0 spiro atoms. The Morgan fingerprint density at radius 3 is 2.42 bits per heavy atom. The standard InChI is InChI=1S/C15H14F4N4O/c1-2-5-23(15-20-6-9(16)7-21-15)8-12(24)22-11-4-3-10(17)13(18)14(11)19/h3-4,6-7H,2,5,8H2,1H3,(H,22,24). The topological polar surface area (TPSA) is 58.1 Å². The van der Waals surface area contributed by atoms with E-state index in [0.717, 1.165) is 18.5 Å². The van der Waals surface area contributed by atoms with Crippen molar-refractivity contribution < 1.29 is 22.4 Å². The largest absolute Gasteiger partial charge is 0.332 e. The smallest absolute Gasteiger partial charge is 0.244 e. The fourth-order valence-corrected chi connectivity index (χ4v) is 1.97. The van der Waals surface area contributed by atoms with Crippen LogP contribution >= 0.6 is 0 Å². The van der Waals surface area contributed by atoms with E-state index in [-0.39, 0.29) is 12.5 Å². The molecule has 0 unspecified atom stereocenters. The molecule has 128 valence electrons. The number of nitrogens with zero attached hydrogens (tertiary/aromatic N) is 3. The van der Waals surface area contributed by atoms with Crippen LogP contribution in [0.1, 0.15) is 13.3 Å². The Bertz CT molecular complexity index is 724. The van der Waals surface area contributed by atoms with Crippen LogP contribution in [0.15, 0.2) is 24.5 Å². The summed E-state index contributed by atoms with van der Waals surface area (Å²) >= 11 is 0. The van der Waals surface area contributed by atoms with Crippen LogP contribution in [0.2, 0.25) is 0 Å². The van der Waals surface area contributed by atoms with Crippen molar-refractivity contribution in [2.24, 2.45) is 0 Å². The summed E-state index contributed by atoms with van der Waals surface area (Å²) in [7, 11) is 0. The van der Waals surface area contributed by atoms with Gasteiger partial charge in [-0.05, 0) is 18.6 Å². The molecule has 9 heteroatoms. The SMILES string of the molecule is CCCN(CC(=O)Nc1ccc(F)c(F)c1F)c1ncc(F)cn1. The molecule has 0 atom stereocenters. The summed E-state index contributed by atoms with van der Waals surface area (Å²) in [6, 6.07) is 1.63. The Morgan fingerprint density at radius 1 is 1.12 bits per heavy atom. The van der Waals surface area contributed by atoms with E-state index in [1.54, 1.807) is 0 Å². The van der Waals surface area contributed by atoms with E-state index in [4.69, 9.17) is 0 Å². The maximum absolute atomic E-state index is 13.6. The van der Waals surface area contributed by atoms with E-state index in [0.29, 0.717) is 19.0 Å². The van der Waals surface area contributed by atoms with Gasteiger partial charge in [-0.25, -0.2) is 27.5 Å². The Morgan fingerprint density at radius 2 is 1.79 bits per heavy atom. The number of halogens is 4. The Labute approximate surface area is 135 Å². The third kappa shape index (κ3) is 4.18. The average molecular weight is 342 g/mol. The lowest BCUT2D eigenvalue weighted by molar-refractivity contribution is -0.115. The molecule has 0 saturated carbocycles. The first-order chi connectivity index (χ1) is 11.4. The van der Waals surface area contributed by atoms with Crippen LogP contribution in [0.4, 0.5) is 29.2 Å². The number of benzene rings is 1. The molecule has 2 aromatic rings. The highest BCUT2D eigenvalue weighted by molar-refractivity contribution is 5.93. The Hall–Kier alpha value is -2.71. The van der Waals surface area contributed by atoms with E-state index < -0.39 is 34.9 Å². The number of nitrogens with one attached hydrogen (secondary N) is 1. The number of carbonyl (C=O) groups excluding carboxylic acids is 1. The molecule has 2 rings (SSSR count). The monoisotopic (exact) mass is 342 g/mol. The number of carbonyl (C=O) groups is 1. The molecule has 0 radical (unpaired) electrons. The van der Waals surface area contributed by atoms with E-state index in [2.05, 4.69) is 15.3 Å². The van der Waals surface area contributed by atoms with Gasteiger partial charge in [0.2, 0.25) is 11.9 Å². The van der Waals surface area contributed by atoms with Gasteiger partial charge in [0.15, 0.2) is 23.3 Å². The van der Waals surface area contributed by atoms with E-state index in [1.807, 2.05) is 6.92 Å². The van der Waals surface area contributed by atoms with Crippen LogP contribution in [-0.2, 0) is 4.79 Å². The summed E-state index contributed by atoms with van der Waals surface area (Å²) in [6.45, 7) is 1.97. The van der Waals surface area contributed by atoms with Gasteiger partial charge in [-0.1, -0.05) is 6.92 Å². The molecule has 24 heavy (non-hydrogen) atoms. The minimum absolute atomic E-state index is 0.124. The van der Waals surface area contributed by atoms with Crippen molar-refractivity contribution in [3.8, 4) is 0 Å². The van der Waals surface area contributed by atoms with Gasteiger partial charge >= 0.3 is 0 Å². The third-order valence-electron chi connectivity index (χ3n) is 3.03. The average Bonchev–Trinajstić information content (AvgIpc) is 2.56. The van der Waals surface area contributed by atoms with Crippen molar-refractivity contribution in [2.75, 3.05) is 23.3 Å². The van der Waals surface area contributed by atoms with Crippen molar-refractivity contribution in [2.45, 2.75) is 13.3 Å². The molecule has 0 aliphatic heterocycles. The van der Waals surface area contributed by atoms with Crippen LogP contribution in [-0.4, -0.2) is 29.0 Å². The maximum atomic E-state index is 13.6. The summed E-state index contributed by atoms with van der Waals surface area (Å²) in [5, 5.41) is 2.16. The summed E-state index contributed by atoms with van der Waals surface area (Å²) in [5.41, 5.74) is -0.477. The molecule has 0 aliphatic carbocycles. The Kier molecular flexibility index (Phi) is 5.67. The van der Waals surface area contributed by atoms with E-state index in [1.165, 1.54) is 4.90 Å². The zero-order valence-corrected chi connectivity index (χ0v) is 12.7. The molecular weight excluding hydrogens is 328 g/mol. The lowest BCUT2D eigenvalue weighted by atomic mass is 10.2. The first-order valence-electron chi connectivity index (χ1n) is 7.08. The molecule has 0 fully saturated rings. The molecule has 0 saturated heterocycles. The van der Waals surface area contributed by atoms with Gasteiger partial charge in [0.05, 0.1) is 18.1 Å². The fraction of sp³-hybridized carbons (Fsp3) is 0.267. The van der Waals surface area contributed by atoms with E-state index in [9.17, 15) is 22.4 Å². The lowest BCUT2D eigenvalue weighted by Gasteiger charge is -2.21. The molecule has 1 aromatic heterocycles. The second-order valence-electron chi connectivity index (χ2n) is 4.89. The molecule has 1 aromatic carbocycles. The summed E-state index contributed by atoms with van der Waals surface area (Å²) < 4.78 is 52.5. The molecule has 0 aliphatic rings. The van der Waals surface area contributed by atoms with Crippen LogP contribution < -0.4 is 10.2 Å². The minimum atomic E-state index is -1.67. The highest BCUT2D eigenvalue weighted by Crippen LogP contribution is 2.19. The van der Waals surface area contributed by atoms with Gasteiger partial charge in [-0.2, -0.15) is 0 Å². The zero-order valence-electron chi connectivity index (χ0n) is 12.7. The molecule has 1 amide bonds. The first kappa shape index (κ1) is 17.6. The predicted octanol–water partition coefficient (Wildman–Crippen LogP) is 2.89. The van der Waals surface area contributed by atoms with Crippen LogP contribution in [0.5, 0.6) is 0 Å². The quantitative estimate of drug-likeness (QED) is 0.648. The van der Waals surface area contributed by atoms with Gasteiger partial charge in [-0.15, -0.1) is 0 Å². The number of hydrogen-bond acceptors (Lipinski definition) is 4. The number of aromatic nitrogens is 2. The van der Waals surface area contributed by atoms with Gasteiger partial charge in [0, 0.05) is 6.54 Å². The second-order valence-corrected chi connectivity index (χ2v) is 4.89. The minimum Gasteiger partial charge on any atom is -0.332 e. The summed E-state index contributed by atoms with van der Waals surface area (Å²) in [5.74, 6) is -5.68. The molecule has 1 N–H and O–H groups in total. The van der Waals surface area contributed by atoms with Crippen LogP contribution in [0.25, 0.3) is 0 Å². The molecular formula is C15H14F4N4O. The van der Waals surface area contributed by atoms with Gasteiger partial charge in [-0.3, -0.25) is 4.79 Å². The second kappa shape index (κ2) is 7.71. The van der Waals surface area contributed by atoms with Crippen LogP contribution in [0.3, 0.4) is 0 Å². The van der Waals surface area contributed by atoms with E-state index >= 15 is 0 Å². The lowest BCUT2D eigenvalue weighted by Crippen LogP contribution is -2.35. The molecule has 1 heterocycles. The predicted molar refractivity (Wildman–Crippen MR) is 79.4 cm³/mol. The van der Waals surface area contributed by atoms with Gasteiger partial charge in [0.1, 0.15) is 6.54 Å². The van der Waals surface area contributed by atoms with Crippen molar-refractivity contribution in [1.82, 2.24) is 9.97 Å². The number of anilines is 2. The summed E-state index contributed by atoms with van der Waals surface area (Å²) in [6.07, 6.45) is 2.56. The van der Waals surface area contributed by atoms with Crippen molar-refractivity contribution in [3.63, 3.8) is 0 Å². The summed E-state index contributed by atoms with van der Waals surface area (Å²) in [4.78, 5) is 21.0. The maximum Gasteiger partial charge on any atom is 0.244 e. The third-order valence-corrected chi connectivity index (χ3v) is 3.03. The normalized spacial score (nSPS) is 10.5. The molecule has 0 bridgehead atoms. The van der Waals surface area contributed by atoms with Crippen LogP contribution in [0, 0.1) is 23.3 Å². The highest BCUT2D eigenvalue weighted by Gasteiger charge is 2.18. The molecule has 5 nitrogen and oxygen atoms in total. The van der Waals surface area contributed by atoms with Gasteiger partial charge in [0.25, 0.3) is 0 Å². The number of rotatable bonds is 6.